The van der Waals surface area contributed by atoms with Crippen LogP contribution in [0.2, 0.25) is 10.0 Å². The Morgan fingerprint density at radius 1 is 1.25 bits per heavy atom. The van der Waals surface area contributed by atoms with E-state index in [4.69, 9.17) is 23.2 Å². The number of benzene rings is 1. The molecule has 0 saturated heterocycles. The molecule has 0 fully saturated rings. The first-order valence-corrected chi connectivity index (χ1v) is 6.09. The smallest absolute Gasteiger partial charge is 0.0687 e. The normalized spacial score (nSPS) is 13.1. The average Bonchev–Trinajstić information content (AvgIpc) is 2.23. The predicted octanol–water partition coefficient (Wildman–Crippen LogP) is 3.10. The van der Waals surface area contributed by atoms with Gasteiger partial charge in [0.2, 0.25) is 0 Å². The summed E-state index contributed by atoms with van der Waals surface area (Å²) in [5.41, 5.74) is 1.06. The Kier molecular flexibility index (Phi) is 5.56. The second-order valence-corrected chi connectivity index (χ2v) is 5.01. The van der Waals surface area contributed by atoms with E-state index >= 15 is 0 Å². The molecule has 4 heteroatoms. The molecule has 2 nitrogen and oxygen atoms in total. The minimum atomic E-state index is -0.317. The Bertz CT molecular complexity index is 342. The highest BCUT2D eigenvalue weighted by Crippen LogP contribution is 2.22. The lowest BCUT2D eigenvalue weighted by atomic mass is 10.1. The Morgan fingerprint density at radius 2 is 1.94 bits per heavy atom. The topological polar surface area (TPSA) is 32.3 Å². The van der Waals surface area contributed by atoms with Crippen LogP contribution in [0.3, 0.4) is 0 Å². The van der Waals surface area contributed by atoms with E-state index in [1.54, 1.807) is 6.07 Å². The van der Waals surface area contributed by atoms with Crippen LogP contribution in [0.25, 0.3) is 0 Å². The van der Waals surface area contributed by atoms with Gasteiger partial charge in [-0.15, -0.1) is 0 Å². The summed E-state index contributed by atoms with van der Waals surface area (Å²) < 4.78 is 0. The molecule has 0 aromatic heterocycles. The van der Waals surface area contributed by atoms with E-state index < -0.39 is 0 Å². The minimum absolute atomic E-state index is 0.265. The first-order chi connectivity index (χ1) is 7.50. The molecule has 0 heterocycles. The van der Waals surface area contributed by atoms with Crippen molar-refractivity contribution in [3.63, 3.8) is 0 Å². The van der Waals surface area contributed by atoms with Gasteiger partial charge in [-0.3, -0.25) is 0 Å². The fourth-order valence-electron chi connectivity index (χ4n) is 1.25. The molecular formula is C12H17Cl2NO. The Labute approximate surface area is 107 Å². The number of halogens is 2. The van der Waals surface area contributed by atoms with Crippen molar-refractivity contribution >= 4 is 23.2 Å². The molecule has 2 N–H and O–H groups in total. The zero-order valence-electron chi connectivity index (χ0n) is 9.50. The van der Waals surface area contributed by atoms with Gasteiger partial charge in [-0.2, -0.15) is 0 Å². The predicted molar refractivity (Wildman–Crippen MR) is 69.0 cm³/mol. The molecule has 0 bridgehead atoms. The number of hydrogen-bond donors (Lipinski definition) is 2. The maximum Gasteiger partial charge on any atom is 0.0687 e. The maximum absolute atomic E-state index is 9.59. The van der Waals surface area contributed by atoms with Crippen molar-refractivity contribution in [3.05, 3.63) is 33.8 Å². The van der Waals surface area contributed by atoms with Gasteiger partial charge in [0, 0.05) is 13.1 Å². The van der Waals surface area contributed by atoms with E-state index in [9.17, 15) is 5.11 Å². The van der Waals surface area contributed by atoms with Gasteiger partial charge >= 0.3 is 0 Å². The molecule has 0 aliphatic carbocycles. The van der Waals surface area contributed by atoms with Crippen molar-refractivity contribution in [1.29, 1.82) is 0 Å². The lowest BCUT2D eigenvalue weighted by molar-refractivity contribution is 0.123. The first kappa shape index (κ1) is 13.8. The van der Waals surface area contributed by atoms with Crippen LogP contribution >= 0.6 is 23.2 Å². The summed E-state index contributed by atoms with van der Waals surface area (Å²) in [6, 6.07) is 5.53. The highest BCUT2D eigenvalue weighted by atomic mass is 35.5. The van der Waals surface area contributed by atoms with Crippen molar-refractivity contribution in [1.82, 2.24) is 5.32 Å². The number of rotatable bonds is 5. The Hall–Kier alpha value is -0.280. The molecule has 90 valence electrons. The van der Waals surface area contributed by atoms with Gasteiger partial charge in [-0.1, -0.05) is 43.1 Å². The summed E-state index contributed by atoms with van der Waals surface area (Å²) in [5.74, 6) is 0.265. The average molecular weight is 262 g/mol. The third-order valence-electron chi connectivity index (χ3n) is 2.44. The van der Waals surface area contributed by atoms with Crippen LogP contribution in [0.4, 0.5) is 0 Å². The summed E-state index contributed by atoms with van der Waals surface area (Å²) in [6.07, 6.45) is -0.317. The highest BCUT2D eigenvalue weighted by Gasteiger charge is 2.08. The summed E-state index contributed by atoms with van der Waals surface area (Å²) in [4.78, 5) is 0. The van der Waals surface area contributed by atoms with Crippen LogP contribution in [-0.2, 0) is 6.54 Å². The minimum Gasteiger partial charge on any atom is -0.392 e. The van der Waals surface area contributed by atoms with Gasteiger partial charge in [0.05, 0.1) is 16.1 Å². The van der Waals surface area contributed by atoms with Crippen molar-refractivity contribution in [2.75, 3.05) is 6.54 Å². The molecule has 1 rings (SSSR count). The number of aliphatic hydroxyl groups excluding tert-OH is 1. The summed E-state index contributed by atoms with van der Waals surface area (Å²) in [6.45, 7) is 5.25. The number of nitrogens with one attached hydrogen (secondary N) is 1. The number of aliphatic hydroxyl groups is 1. The second-order valence-electron chi connectivity index (χ2n) is 4.19. The second kappa shape index (κ2) is 6.45. The number of hydrogen-bond acceptors (Lipinski definition) is 2. The SMILES string of the molecule is CC(C)C(O)CNCc1ccc(Cl)c(Cl)c1. The van der Waals surface area contributed by atoms with Crippen LogP contribution < -0.4 is 5.32 Å². The van der Waals surface area contributed by atoms with Gasteiger partial charge < -0.3 is 10.4 Å². The molecule has 1 aromatic carbocycles. The fourth-order valence-corrected chi connectivity index (χ4v) is 1.57. The highest BCUT2D eigenvalue weighted by molar-refractivity contribution is 6.42. The first-order valence-electron chi connectivity index (χ1n) is 5.33. The third kappa shape index (κ3) is 4.30. The lowest BCUT2D eigenvalue weighted by Gasteiger charge is -2.15. The molecule has 1 unspecified atom stereocenters. The van der Waals surface area contributed by atoms with Crippen molar-refractivity contribution in [2.24, 2.45) is 5.92 Å². The fraction of sp³-hybridized carbons (Fsp3) is 0.500. The maximum atomic E-state index is 9.59. The van der Waals surface area contributed by atoms with Gasteiger partial charge in [-0.25, -0.2) is 0 Å². The molecule has 1 atom stereocenters. The van der Waals surface area contributed by atoms with Gasteiger partial charge in [0.15, 0.2) is 0 Å². The zero-order chi connectivity index (χ0) is 12.1. The van der Waals surface area contributed by atoms with Crippen molar-refractivity contribution < 1.29 is 5.11 Å². The molecule has 0 spiro atoms. The summed E-state index contributed by atoms with van der Waals surface area (Å²) in [5, 5.41) is 13.9. The van der Waals surface area contributed by atoms with Gasteiger partial charge in [-0.05, 0) is 23.6 Å². The summed E-state index contributed by atoms with van der Waals surface area (Å²) >= 11 is 11.7. The molecule has 0 aliphatic heterocycles. The van der Waals surface area contributed by atoms with Crippen LogP contribution in [0, 0.1) is 5.92 Å². The van der Waals surface area contributed by atoms with Gasteiger partial charge in [0.25, 0.3) is 0 Å². The zero-order valence-corrected chi connectivity index (χ0v) is 11.0. The summed E-state index contributed by atoms with van der Waals surface area (Å²) in [7, 11) is 0. The molecule has 1 aromatic rings. The molecule has 0 amide bonds. The lowest BCUT2D eigenvalue weighted by Crippen LogP contribution is -2.30. The van der Waals surface area contributed by atoms with E-state index in [-0.39, 0.29) is 12.0 Å². The molecule has 0 aliphatic rings. The van der Waals surface area contributed by atoms with E-state index in [0.717, 1.165) is 5.56 Å². The van der Waals surface area contributed by atoms with E-state index in [1.165, 1.54) is 0 Å². The van der Waals surface area contributed by atoms with Crippen LogP contribution in [-0.4, -0.2) is 17.8 Å². The third-order valence-corrected chi connectivity index (χ3v) is 3.18. The van der Waals surface area contributed by atoms with E-state index in [0.29, 0.717) is 23.1 Å². The quantitative estimate of drug-likeness (QED) is 0.854. The standard InChI is InChI=1S/C12H17Cl2NO/c1-8(2)12(16)7-15-6-9-3-4-10(13)11(14)5-9/h3-5,8,12,15-16H,6-7H2,1-2H3. The van der Waals surface area contributed by atoms with Crippen LogP contribution in [0.5, 0.6) is 0 Å². The monoisotopic (exact) mass is 261 g/mol. The van der Waals surface area contributed by atoms with Crippen LogP contribution in [0.15, 0.2) is 18.2 Å². The van der Waals surface area contributed by atoms with Crippen LogP contribution in [0.1, 0.15) is 19.4 Å². The Morgan fingerprint density at radius 3 is 2.50 bits per heavy atom. The van der Waals surface area contributed by atoms with E-state index in [2.05, 4.69) is 5.32 Å². The van der Waals surface area contributed by atoms with Gasteiger partial charge in [0.1, 0.15) is 0 Å². The molecule has 0 saturated carbocycles. The van der Waals surface area contributed by atoms with E-state index in [1.807, 2.05) is 26.0 Å². The molecular weight excluding hydrogens is 245 g/mol. The van der Waals surface area contributed by atoms with Crippen molar-refractivity contribution in [3.8, 4) is 0 Å². The largest absolute Gasteiger partial charge is 0.392 e. The molecule has 0 radical (unpaired) electrons. The molecule has 16 heavy (non-hydrogen) atoms. The Balaban J connectivity index is 2.40. The van der Waals surface area contributed by atoms with Crippen molar-refractivity contribution in [2.45, 2.75) is 26.5 Å².